The van der Waals surface area contributed by atoms with Crippen LogP contribution in [-0.2, 0) is 0 Å². The summed E-state index contributed by atoms with van der Waals surface area (Å²) in [6.07, 6.45) is 0. The lowest BCUT2D eigenvalue weighted by Gasteiger charge is -2.35. The average molecular weight is 653 g/mol. The van der Waals surface area contributed by atoms with Gasteiger partial charge < -0.3 is 4.57 Å². The molecule has 0 saturated carbocycles. The summed E-state index contributed by atoms with van der Waals surface area (Å²) in [7, 11) is -2.87. The minimum absolute atomic E-state index is 0.570. The van der Waals surface area contributed by atoms with Crippen molar-refractivity contribution in [1.82, 2.24) is 4.57 Å². The predicted octanol–water partition coefficient (Wildman–Crippen LogP) is 8.12. The van der Waals surface area contributed by atoms with Gasteiger partial charge in [0, 0.05) is 11.1 Å². The van der Waals surface area contributed by atoms with Crippen LogP contribution in [0.25, 0.3) is 43.5 Å². The van der Waals surface area contributed by atoms with Gasteiger partial charge in [0.05, 0.1) is 40.9 Å². The lowest BCUT2D eigenvalue weighted by Crippen LogP contribution is -2.75. The highest BCUT2D eigenvalue weighted by Crippen LogP contribution is 2.35. The van der Waals surface area contributed by atoms with E-state index >= 15 is 0 Å². The molecule has 0 bridgehead atoms. The van der Waals surface area contributed by atoms with Gasteiger partial charge in [0.1, 0.15) is 0 Å². The number of hydrogen-bond donors (Lipinski definition) is 0. The monoisotopic (exact) mass is 652 g/mol. The molecule has 0 atom stereocenters. The second-order valence-electron chi connectivity index (χ2n) is 12.3. The van der Waals surface area contributed by atoms with Crippen LogP contribution in [0.4, 0.5) is 5.69 Å². The fourth-order valence-corrected chi connectivity index (χ4v) is 12.3. The zero-order valence-corrected chi connectivity index (χ0v) is 28.0. The molecule has 0 aliphatic rings. The van der Waals surface area contributed by atoms with E-state index in [9.17, 15) is 10.5 Å². The molecule has 0 fully saturated rings. The van der Waals surface area contributed by atoms with Crippen molar-refractivity contribution in [3.8, 4) is 29.0 Å². The fourth-order valence-electron chi connectivity index (χ4n) is 7.39. The molecule has 50 heavy (non-hydrogen) atoms. The summed E-state index contributed by atoms with van der Waals surface area (Å²) < 4.78 is 2.19. The van der Waals surface area contributed by atoms with E-state index in [4.69, 9.17) is 6.57 Å². The molecule has 1 heterocycles. The first kappa shape index (κ1) is 30.4. The normalized spacial score (nSPS) is 11.1. The van der Waals surface area contributed by atoms with Crippen molar-refractivity contribution < 1.29 is 0 Å². The van der Waals surface area contributed by atoms with Crippen molar-refractivity contribution >= 4 is 56.3 Å². The molecule has 0 N–H and O–H groups in total. The maximum absolute atomic E-state index is 10.3. The Morgan fingerprint density at radius 1 is 0.520 bits per heavy atom. The third kappa shape index (κ3) is 4.88. The number of rotatable bonds is 6. The Balaban J connectivity index is 1.25. The van der Waals surface area contributed by atoms with E-state index in [0.29, 0.717) is 16.8 Å². The first-order valence-corrected chi connectivity index (χ1v) is 18.3. The van der Waals surface area contributed by atoms with Gasteiger partial charge in [-0.3, -0.25) is 0 Å². The van der Waals surface area contributed by atoms with Crippen LogP contribution in [-0.4, -0.2) is 12.6 Å². The number of nitriles is 2. The summed E-state index contributed by atoms with van der Waals surface area (Å²) in [5.41, 5.74) is 7.02. The first-order valence-electron chi connectivity index (χ1n) is 16.3. The van der Waals surface area contributed by atoms with E-state index in [0.717, 1.165) is 43.8 Å². The van der Waals surface area contributed by atoms with Gasteiger partial charge in [-0.25, -0.2) is 4.85 Å². The number of aromatic nitrogens is 1. The Kier molecular flexibility index (Phi) is 7.63. The van der Waals surface area contributed by atoms with E-state index in [1.807, 2.05) is 66.7 Å². The van der Waals surface area contributed by atoms with Crippen LogP contribution in [0, 0.1) is 29.2 Å². The fraction of sp³-hybridized carbons (Fsp3) is 0. The van der Waals surface area contributed by atoms with Crippen molar-refractivity contribution in [2.24, 2.45) is 0 Å². The summed E-state index contributed by atoms with van der Waals surface area (Å²) >= 11 is 0. The lowest BCUT2D eigenvalue weighted by atomic mass is 10.1. The van der Waals surface area contributed by atoms with Crippen molar-refractivity contribution in [2.45, 2.75) is 0 Å². The molecule has 1 aromatic heterocycles. The lowest BCUT2D eigenvalue weighted by molar-refractivity contribution is 1.18. The molecule has 232 valence electrons. The largest absolute Gasteiger partial charge is 0.309 e. The highest BCUT2D eigenvalue weighted by atomic mass is 28.3. The topological polar surface area (TPSA) is 56.9 Å². The van der Waals surface area contributed by atoms with E-state index in [-0.39, 0.29) is 0 Å². The van der Waals surface area contributed by atoms with E-state index in [1.165, 1.54) is 15.6 Å². The quantitative estimate of drug-likeness (QED) is 0.104. The van der Waals surface area contributed by atoms with Crippen molar-refractivity contribution in [3.05, 3.63) is 192 Å². The van der Waals surface area contributed by atoms with Crippen LogP contribution in [0.3, 0.4) is 0 Å². The zero-order chi connectivity index (χ0) is 34.1. The second kappa shape index (κ2) is 12.6. The van der Waals surface area contributed by atoms with E-state index in [2.05, 4.69) is 125 Å². The van der Waals surface area contributed by atoms with Gasteiger partial charge in [-0.2, -0.15) is 10.5 Å². The number of nitrogens with zero attached hydrogens (tertiary/aromatic N) is 4. The SMILES string of the molecule is [C-]#[N+]c1ccc2c(c1)c1cc(C#N)ccc1n2-c1ccc(-c2ccc([Si](c3ccccc3)(c3ccccc3)c3ccccc3C#N)cc2)cc1. The standard InChI is InChI=1S/C45H28N4Si/c1-48-36-21-27-44-42(29-36)41-28-32(30-46)16-26-43(41)49(44)37-22-17-33(18-23-37)34-19-24-40(25-20-34)50(38-11-4-2-5-12-38,39-13-6-3-7-14-39)45-15-9-8-10-35(45)31-47/h2-29H. The Bertz CT molecular complexity index is 2540. The summed E-state index contributed by atoms with van der Waals surface area (Å²) in [6.45, 7) is 7.53. The molecule has 8 aromatic rings. The Morgan fingerprint density at radius 2 is 1.06 bits per heavy atom. The van der Waals surface area contributed by atoms with Crippen LogP contribution in [0.2, 0.25) is 0 Å². The molecule has 0 spiro atoms. The molecule has 0 radical (unpaired) electrons. The van der Waals surface area contributed by atoms with Gasteiger partial charge in [-0.05, 0) is 85.8 Å². The van der Waals surface area contributed by atoms with Gasteiger partial charge in [0.2, 0.25) is 0 Å². The van der Waals surface area contributed by atoms with Gasteiger partial charge in [-0.15, -0.1) is 0 Å². The van der Waals surface area contributed by atoms with Gasteiger partial charge in [0.25, 0.3) is 0 Å². The Morgan fingerprint density at radius 3 is 1.66 bits per heavy atom. The molecule has 5 heteroatoms. The van der Waals surface area contributed by atoms with Crippen LogP contribution in [0.1, 0.15) is 11.1 Å². The van der Waals surface area contributed by atoms with Crippen LogP contribution in [0.15, 0.2) is 170 Å². The van der Waals surface area contributed by atoms with Crippen molar-refractivity contribution in [3.63, 3.8) is 0 Å². The molecular formula is C45H28N4Si. The summed E-state index contributed by atoms with van der Waals surface area (Å²) in [5, 5.41) is 26.5. The second-order valence-corrected chi connectivity index (χ2v) is 16.0. The number of fused-ring (bicyclic) bond motifs is 3. The van der Waals surface area contributed by atoms with E-state index in [1.54, 1.807) is 0 Å². The predicted molar refractivity (Wildman–Crippen MR) is 206 cm³/mol. The molecule has 0 aliphatic carbocycles. The van der Waals surface area contributed by atoms with Crippen molar-refractivity contribution in [2.75, 3.05) is 0 Å². The zero-order valence-electron chi connectivity index (χ0n) is 27.0. The Hall–Kier alpha value is -6.97. The minimum atomic E-state index is -2.87. The van der Waals surface area contributed by atoms with Crippen molar-refractivity contribution in [1.29, 1.82) is 10.5 Å². The molecule has 8 rings (SSSR count). The Labute approximate surface area is 291 Å². The highest BCUT2D eigenvalue weighted by molar-refractivity contribution is 7.20. The molecule has 0 unspecified atom stereocenters. The van der Waals surface area contributed by atoms with Crippen LogP contribution >= 0.6 is 0 Å². The van der Waals surface area contributed by atoms with E-state index < -0.39 is 8.07 Å². The van der Waals surface area contributed by atoms with Gasteiger partial charge in [-0.1, -0.05) is 121 Å². The van der Waals surface area contributed by atoms with Crippen LogP contribution in [0.5, 0.6) is 0 Å². The molecule has 0 saturated heterocycles. The minimum Gasteiger partial charge on any atom is -0.309 e. The third-order valence-corrected chi connectivity index (χ3v) is 14.5. The summed E-state index contributed by atoms with van der Waals surface area (Å²) in [5.74, 6) is 0. The summed E-state index contributed by atoms with van der Waals surface area (Å²) in [6, 6.07) is 63.0. The maximum Gasteiger partial charge on any atom is 0.188 e. The average Bonchev–Trinajstić information content (AvgIpc) is 3.52. The first-order chi connectivity index (χ1) is 24.6. The molecule has 7 aromatic carbocycles. The molecule has 4 nitrogen and oxygen atoms in total. The molecule has 0 amide bonds. The molecular weight excluding hydrogens is 625 g/mol. The van der Waals surface area contributed by atoms with Gasteiger partial charge >= 0.3 is 0 Å². The summed E-state index contributed by atoms with van der Waals surface area (Å²) in [4.78, 5) is 3.64. The number of benzene rings is 7. The molecule has 0 aliphatic heterocycles. The smallest absolute Gasteiger partial charge is 0.188 e. The maximum atomic E-state index is 10.3. The van der Waals surface area contributed by atoms with Crippen LogP contribution < -0.4 is 20.7 Å². The highest BCUT2D eigenvalue weighted by Gasteiger charge is 2.42. The van der Waals surface area contributed by atoms with Gasteiger partial charge in [0.15, 0.2) is 13.8 Å². The number of hydrogen-bond acceptors (Lipinski definition) is 2. The third-order valence-electron chi connectivity index (χ3n) is 9.65.